The normalized spacial score (nSPS) is 9.67. The van der Waals surface area contributed by atoms with Gasteiger partial charge in [0.05, 0.1) is 7.11 Å². The van der Waals surface area contributed by atoms with Gasteiger partial charge in [0.2, 0.25) is 0 Å². The summed E-state index contributed by atoms with van der Waals surface area (Å²) in [5, 5.41) is 8.44. The van der Waals surface area contributed by atoms with Gasteiger partial charge in [-0.2, -0.15) is 0 Å². The Morgan fingerprint density at radius 1 is 1.44 bits per heavy atom. The predicted octanol–water partition coefficient (Wildman–Crippen LogP) is 1.45. The molecule has 0 radical (unpaired) electrons. The van der Waals surface area contributed by atoms with E-state index in [-0.39, 0.29) is 5.56 Å². The molecule has 0 heterocycles. The molecule has 0 aliphatic heterocycles. The molecule has 0 saturated carbocycles. The van der Waals surface area contributed by atoms with Gasteiger partial charge in [0.25, 0.3) is 0 Å². The van der Waals surface area contributed by atoms with Gasteiger partial charge < -0.3 is 9.84 Å². The Bertz CT molecular complexity index is 564. The maximum absolute atomic E-state index is 13.3. The van der Waals surface area contributed by atoms with Crippen LogP contribution in [0.15, 0.2) is 24.3 Å². The second-order valence-electron chi connectivity index (χ2n) is 3.15. The fraction of sp³-hybridized carbons (Fsp3) is 0.0769. The molecule has 0 unspecified atom stereocenters. The summed E-state index contributed by atoms with van der Waals surface area (Å²) in [7, 11) is 1.20. The summed E-state index contributed by atoms with van der Waals surface area (Å²) in [4.78, 5) is 21.1. The van der Waals surface area contributed by atoms with Crippen molar-refractivity contribution in [3.05, 3.63) is 41.2 Å². The molecule has 0 aliphatic rings. The number of benzene rings is 1. The zero-order valence-electron chi connectivity index (χ0n) is 9.44. The van der Waals surface area contributed by atoms with Crippen molar-refractivity contribution in [3.8, 4) is 11.8 Å². The molecule has 1 aromatic carbocycles. The van der Waals surface area contributed by atoms with E-state index in [1.165, 1.54) is 19.2 Å². The first-order valence-electron chi connectivity index (χ1n) is 4.83. The lowest BCUT2D eigenvalue weighted by Crippen LogP contribution is -1.94. The van der Waals surface area contributed by atoms with E-state index in [2.05, 4.69) is 16.6 Å². The molecule has 1 aromatic rings. The van der Waals surface area contributed by atoms with Crippen LogP contribution in [0.25, 0.3) is 6.08 Å². The summed E-state index contributed by atoms with van der Waals surface area (Å²) >= 11 is 0. The van der Waals surface area contributed by atoms with Crippen LogP contribution in [-0.2, 0) is 14.3 Å². The topological polar surface area (TPSA) is 63.6 Å². The fourth-order valence-electron chi connectivity index (χ4n) is 1.08. The highest BCUT2D eigenvalue weighted by Gasteiger charge is 2.00. The van der Waals surface area contributed by atoms with Crippen molar-refractivity contribution < 1.29 is 23.8 Å². The van der Waals surface area contributed by atoms with Crippen LogP contribution in [0.1, 0.15) is 11.1 Å². The smallest absolute Gasteiger partial charge is 0.384 e. The van der Waals surface area contributed by atoms with Crippen molar-refractivity contribution in [2.24, 2.45) is 0 Å². The lowest BCUT2D eigenvalue weighted by Gasteiger charge is -1.97. The standard InChI is InChI=1S/C13H9FO4/c1-18-13(17)7-3-9-2-5-11(14)10(8-9)4-6-12(15)16/h2,4-6,8H,1H3,(H,15,16)/b6-4+. The van der Waals surface area contributed by atoms with Crippen molar-refractivity contribution in [2.45, 2.75) is 0 Å². The van der Waals surface area contributed by atoms with Gasteiger partial charge in [0, 0.05) is 23.1 Å². The first-order chi connectivity index (χ1) is 8.52. The molecule has 0 spiro atoms. The number of ether oxygens (including phenoxy) is 1. The summed E-state index contributed by atoms with van der Waals surface area (Å²) in [6.07, 6.45) is 1.93. The molecule has 1 rings (SSSR count). The van der Waals surface area contributed by atoms with E-state index >= 15 is 0 Å². The zero-order valence-corrected chi connectivity index (χ0v) is 9.44. The molecular formula is C13H9FO4. The third-order valence-corrected chi connectivity index (χ3v) is 1.90. The van der Waals surface area contributed by atoms with E-state index in [9.17, 15) is 14.0 Å². The average molecular weight is 248 g/mol. The first-order valence-corrected chi connectivity index (χ1v) is 4.83. The summed E-state index contributed by atoms with van der Waals surface area (Å²) in [5.74, 6) is 2.20. The number of carboxylic acids is 1. The van der Waals surface area contributed by atoms with Gasteiger partial charge >= 0.3 is 11.9 Å². The maximum Gasteiger partial charge on any atom is 0.384 e. The molecule has 0 bridgehead atoms. The second-order valence-corrected chi connectivity index (χ2v) is 3.15. The van der Waals surface area contributed by atoms with Gasteiger partial charge in [-0.3, -0.25) is 0 Å². The summed E-state index contributed by atoms with van der Waals surface area (Å²) in [5.41, 5.74) is 0.459. The van der Waals surface area contributed by atoms with Crippen LogP contribution in [0.2, 0.25) is 0 Å². The van der Waals surface area contributed by atoms with Crippen molar-refractivity contribution >= 4 is 18.0 Å². The number of carbonyl (C=O) groups is 2. The van der Waals surface area contributed by atoms with Crippen molar-refractivity contribution in [3.63, 3.8) is 0 Å². The number of carbonyl (C=O) groups excluding carboxylic acids is 1. The SMILES string of the molecule is COC(=O)C#Cc1ccc(F)c(/C=C/C(=O)O)c1. The molecule has 0 amide bonds. The molecule has 5 heteroatoms. The maximum atomic E-state index is 13.3. The highest BCUT2D eigenvalue weighted by molar-refractivity contribution is 5.89. The van der Waals surface area contributed by atoms with Crippen molar-refractivity contribution in [2.75, 3.05) is 7.11 Å². The van der Waals surface area contributed by atoms with Crippen LogP contribution < -0.4 is 0 Å². The number of esters is 1. The Labute approximate surface area is 103 Å². The number of carboxylic acid groups (broad SMARTS) is 1. The van der Waals surface area contributed by atoms with Crippen LogP contribution >= 0.6 is 0 Å². The molecule has 92 valence electrons. The van der Waals surface area contributed by atoms with Crippen molar-refractivity contribution in [1.29, 1.82) is 0 Å². The number of hydrogen-bond acceptors (Lipinski definition) is 3. The van der Waals surface area contributed by atoms with Crippen LogP contribution in [0.4, 0.5) is 4.39 Å². The van der Waals surface area contributed by atoms with Crippen LogP contribution in [0.5, 0.6) is 0 Å². The average Bonchev–Trinajstić information content (AvgIpc) is 2.35. The van der Waals surface area contributed by atoms with E-state index in [1.54, 1.807) is 0 Å². The molecule has 0 aliphatic carbocycles. The van der Waals surface area contributed by atoms with Crippen molar-refractivity contribution in [1.82, 2.24) is 0 Å². The van der Waals surface area contributed by atoms with Crippen LogP contribution in [0.3, 0.4) is 0 Å². The highest BCUT2D eigenvalue weighted by Crippen LogP contribution is 2.11. The summed E-state index contributed by atoms with van der Waals surface area (Å²) < 4.78 is 17.6. The number of halogens is 1. The lowest BCUT2D eigenvalue weighted by atomic mass is 10.1. The van der Waals surface area contributed by atoms with E-state index in [4.69, 9.17) is 5.11 Å². The van der Waals surface area contributed by atoms with Gasteiger partial charge in [-0.1, -0.05) is 5.92 Å². The molecule has 0 aromatic heterocycles. The first kappa shape index (κ1) is 13.5. The fourth-order valence-corrected chi connectivity index (χ4v) is 1.08. The minimum absolute atomic E-state index is 0.0778. The largest absolute Gasteiger partial charge is 0.478 e. The summed E-state index contributed by atoms with van der Waals surface area (Å²) in [6.45, 7) is 0. The number of hydrogen-bond donors (Lipinski definition) is 1. The third-order valence-electron chi connectivity index (χ3n) is 1.90. The number of rotatable bonds is 2. The Morgan fingerprint density at radius 3 is 2.78 bits per heavy atom. The Morgan fingerprint density at radius 2 is 2.17 bits per heavy atom. The minimum Gasteiger partial charge on any atom is -0.478 e. The van der Waals surface area contributed by atoms with Gasteiger partial charge in [-0.15, -0.1) is 0 Å². The highest BCUT2D eigenvalue weighted by atomic mass is 19.1. The minimum atomic E-state index is -1.18. The van der Waals surface area contributed by atoms with Gasteiger partial charge in [-0.25, -0.2) is 14.0 Å². The summed E-state index contributed by atoms with van der Waals surface area (Å²) in [6, 6.07) is 3.86. The van der Waals surface area contributed by atoms with Gasteiger partial charge in [0.15, 0.2) is 0 Å². The lowest BCUT2D eigenvalue weighted by molar-refractivity contribution is -0.134. The van der Waals surface area contributed by atoms with Gasteiger partial charge in [0.1, 0.15) is 5.82 Å². The molecule has 18 heavy (non-hydrogen) atoms. The Hall–Kier alpha value is -2.61. The zero-order chi connectivity index (χ0) is 13.5. The molecule has 4 nitrogen and oxygen atoms in total. The van der Waals surface area contributed by atoms with E-state index < -0.39 is 17.8 Å². The van der Waals surface area contributed by atoms with E-state index in [0.29, 0.717) is 5.56 Å². The quantitative estimate of drug-likeness (QED) is 0.488. The third kappa shape index (κ3) is 4.10. The molecule has 0 atom stereocenters. The number of methoxy groups -OCH3 is 1. The van der Waals surface area contributed by atoms with Crippen LogP contribution in [0, 0.1) is 17.7 Å². The predicted molar refractivity (Wildman–Crippen MR) is 62.0 cm³/mol. The number of aliphatic carboxylic acids is 1. The van der Waals surface area contributed by atoms with Crippen LogP contribution in [-0.4, -0.2) is 24.2 Å². The Balaban J connectivity index is 3.03. The molecule has 1 N–H and O–H groups in total. The molecule has 0 saturated heterocycles. The second kappa shape index (κ2) is 6.21. The molecular weight excluding hydrogens is 239 g/mol. The van der Waals surface area contributed by atoms with E-state index in [1.807, 2.05) is 0 Å². The van der Waals surface area contributed by atoms with Gasteiger partial charge in [-0.05, 0) is 24.3 Å². The van der Waals surface area contributed by atoms with E-state index in [0.717, 1.165) is 18.2 Å². The molecule has 0 fully saturated rings. The monoisotopic (exact) mass is 248 g/mol. The Kier molecular flexibility index (Phi) is 4.64.